The summed E-state index contributed by atoms with van der Waals surface area (Å²) in [6.45, 7) is -0.112. The van der Waals surface area contributed by atoms with Crippen LogP contribution in [0.3, 0.4) is 0 Å². The smallest absolute Gasteiger partial charge is 0.115 e. The van der Waals surface area contributed by atoms with Crippen molar-refractivity contribution in [1.29, 1.82) is 0 Å². The molecular weight excluding hydrogens is 376 g/mol. The number of rotatable bonds is 4. The van der Waals surface area contributed by atoms with E-state index in [4.69, 9.17) is 16.3 Å². The molecular formula is C23H23ClO4. The second-order valence-corrected chi connectivity index (χ2v) is 7.76. The summed E-state index contributed by atoms with van der Waals surface area (Å²) in [6.07, 6.45) is 0.367. The van der Waals surface area contributed by atoms with Crippen molar-refractivity contribution in [2.24, 2.45) is 0 Å². The third-order valence-corrected chi connectivity index (χ3v) is 5.79. The first-order valence-corrected chi connectivity index (χ1v) is 9.85. The highest BCUT2D eigenvalue weighted by molar-refractivity contribution is 6.36. The second-order valence-electron chi connectivity index (χ2n) is 7.38. The highest BCUT2D eigenvalue weighted by atomic mass is 35.5. The molecule has 3 atom stereocenters. The highest BCUT2D eigenvalue weighted by Gasteiger charge is 2.30. The van der Waals surface area contributed by atoms with Crippen LogP contribution in [0, 0.1) is 0 Å². The van der Waals surface area contributed by atoms with Crippen molar-refractivity contribution in [3.8, 4) is 5.75 Å². The Labute approximate surface area is 169 Å². The molecule has 4 rings (SSSR count). The molecule has 1 aliphatic rings. The number of benzene rings is 3. The number of phenolic OH excluding ortho intramolecular Hbond substituents is 1. The number of phenols is 1. The number of aromatic hydroxyl groups is 1. The van der Waals surface area contributed by atoms with E-state index in [-0.39, 0.29) is 24.6 Å². The number of aliphatic hydroxyl groups excluding tert-OH is 2. The van der Waals surface area contributed by atoms with E-state index in [1.807, 2.05) is 36.4 Å². The molecule has 0 spiro atoms. The summed E-state index contributed by atoms with van der Waals surface area (Å²) in [4.78, 5) is 0. The number of fused-ring (bicyclic) bond motifs is 1. The fourth-order valence-corrected chi connectivity index (χ4v) is 4.25. The van der Waals surface area contributed by atoms with E-state index in [1.165, 1.54) is 0 Å². The quantitative estimate of drug-likeness (QED) is 0.610. The summed E-state index contributed by atoms with van der Waals surface area (Å²) in [6, 6.07) is 17.1. The van der Waals surface area contributed by atoms with E-state index in [0.29, 0.717) is 24.3 Å². The van der Waals surface area contributed by atoms with Gasteiger partial charge in [0.1, 0.15) is 5.75 Å². The number of ether oxygens (including phenoxy) is 1. The van der Waals surface area contributed by atoms with Gasteiger partial charge >= 0.3 is 0 Å². The van der Waals surface area contributed by atoms with Crippen molar-refractivity contribution in [1.82, 2.24) is 0 Å². The minimum Gasteiger partial charge on any atom is -0.508 e. The molecule has 4 nitrogen and oxygen atoms in total. The summed E-state index contributed by atoms with van der Waals surface area (Å²) < 4.78 is 6.07. The van der Waals surface area contributed by atoms with Gasteiger partial charge in [0.25, 0.3) is 0 Å². The Bertz CT molecular complexity index is 970. The number of hydrogen-bond donors (Lipinski definition) is 3. The van der Waals surface area contributed by atoms with Crippen LogP contribution in [-0.4, -0.2) is 34.1 Å². The highest BCUT2D eigenvalue weighted by Crippen LogP contribution is 2.39. The molecule has 0 aromatic heterocycles. The Kier molecular flexibility index (Phi) is 5.56. The molecule has 1 fully saturated rings. The standard InChI is InChI=1S/C23H23ClO4/c24-23-15(9-14-5-7-16(26)8-6-14)10-21(19-3-1-2-4-20(19)23)22-12-17(27)11-18(13-25)28-22/h1-8,10,17-18,22,25-27H,9,11-13H2/t17-,18-,22+/m0/s1. The van der Waals surface area contributed by atoms with E-state index in [9.17, 15) is 15.3 Å². The zero-order valence-corrected chi connectivity index (χ0v) is 16.1. The fraction of sp³-hybridized carbons (Fsp3) is 0.304. The summed E-state index contributed by atoms with van der Waals surface area (Å²) in [5.41, 5.74) is 2.98. The molecule has 0 aliphatic carbocycles. The van der Waals surface area contributed by atoms with Gasteiger partial charge in [-0.25, -0.2) is 0 Å². The Hall–Kier alpha value is -2.11. The minimum absolute atomic E-state index is 0.112. The van der Waals surface area contributed by atoms with Crippen molar-refractivity contribution >= 4 is 22.4 Å². The summed E-state index contributed by atoms with van der Waals surface area (Å²) in [7, 11) is 0. The largest absolute Gasteiger partial charge is 0.508 e. The lowest BCUT2D eigenvalue weighted by molar-refractivity contribution is -0.113. The molecule has 0 bridgehead atoms. The fourth-order valence-electron chi connectivity index (χ4n) is 3.96. The molecule has 3 aromatic carbocycles. The van der Waals surface area contributed by atoms with Crippen molar-refractivity contribution < 1.29 is 20.1 Å². The maximum atomic E-state index is 10.3. The van der Waals surface area contributed by atoms with Crippen LogP contribution in [-0.2, 0) is 11.2 Å². The average molecular weight is 399 g/mol. The lowest BCUT2D eigenvalue weighted by atomic mass is 9.90. The third kappa shape index (κ3) is 3.87. The van der Waals surface area contributed by atoms with Crippen LogP contribution in [0.1, 0.15) is 35.6 Å². The second kappa shape index (κ2) is 8.10. The molecule has 3 aromatic rings. The molecule has 28 heavy (non-hydrogen) atoms. The van der Waals surface area contributed by atoms with Crippen LogP contribution in [0.2, 0.25) is 5.02 Å². The lowest BCUT2D eigenvalue weighted by Crippen LogP contribution is -2.33. The van der Waals surface area contributed by atoms with Crippen LogP contribution in [0.5, 0.6) is 5.75 Å². The van der Waals surface area contributed by atoms with Gasteiger partial charge in [-0.3, -0.25) is 0 Å². The monoisotopic (exact) mass is 398 g/mol. The van der Waals surface area contributed by atoms with Crippen molar-refractivity contribution in [2.45, 2.75) is 37.6 Å². The van der Waals surface area contributed by atoms with Gasteiger partial charge in [-0.1, -0.05) is 54.1 Å². The van der Waals surface area contributed by atoms with Crippen molar-refractivity contribution in [2.75, 3.05) is 6.61 Å². The number of hydrogen-bond acceptors (Lipinski definition) is 4. The predicted molar refractivity (Wildman–Crippen MR) is 110 cm³/mol. The summed E-state index contributed by atoms with van der Waals surface area (Å²) >= 11 is 6.74. The van der Waals surface area contributed by atoms with Crippen LogP contribution < -0.4 is 0 Å². The van der Waals surface area contributed by atoms with Crippen LogP contribution >= 0.6 is 11.6 Å². The zero-order valence-electron chi connectivity index (χ0n) is 15.4. The van der Waals surface area contributed by atoms with E-state index >= 15 is 0 Å². The first kappa shape index (κ1) is 19.2. The molecule has 1 aliphatic heterocycles. The van der Waals surface area contributed by atoms with E-state index < -0.39 is 6.10 Å². The van der Waals surface area contributed by atoms with Gasteiger partial charge in [-0.05, 0) is 40.6 Å². The molecule has 0 saturated carbocycles. The maximum Gasteiger partial charge on any atom is 0.115 e. The molecule has 0 unspecified atom stereocenters. The topological polar surface area (TPSA) is 69.9 Å². The molecule has 5 heteroatoms. The maximum absolute atomic E-state index is 10.3. The number of halogens is 1. The van der Waals surface area contributed by atoms with Crippen LogP contribution in [0.15, 0.2) is 54.6 Å². The Morgan fingerprint density at radius 3 is 2.43 bits per heavy atom. The van der Waals surface area contributed by atoms with E-state index in [2.05, 4.69) is 6.07 Å². The van der Waals surface area contributed by atoms with Gasteiger partial charge < -0.3 is 20.1 Å². The van der Waals surface area contributed by atoms with Crippen LogP contribution in [0.4, 0.5) is 0 Å². The molecule has 0 radical (unpaired) electrons. The average Bonchev–Trinajstić information content (AvgIpc) is 2.71. The predicted octanol–water partition coefficient (Wildman–Crippen LogP) is 4.36. The Morgan fingerprint density at radius 1 is 1.00 bits per heavy atom. The van der Waals surface area contributed by atoms with Gasteiger partial charge in [-0.15, -0.1) is 0 Å². The van der Waals surface area contributed by atoms with E-state index in [0.717, 1.165) is 27.5 Å². The zero-order chi connectivity index (χ0) is 19.7. The molecule has 1 saturated heterocycles. The Morgan fingerprint density at radius 2 is 1.71 bits per heavy atom. The van der Waals surface area contributed by atoms with Crippen molar-refractivity contribution in [3.05, 3.63) is 76.3 Å². The molecule has 146 valence electrons. The van der Waals surface area contributed by atoms with Gasteiger partial charge in [0.15, 0.2) is 0 Å². The summed E-state index contributed by atoms with van der Waals surface area (Å²) in [5.74, 6) is 0.230. The Balaban J connectivity index is 1.79. The van der Waals surface area contributed by atoms with Gasteiger partial charge in [0, 0.05) is 18.2 Å². The normalized spacial score (nSPS) is 22.5. The number of aliphatic hydroxyl groups is 2. The van der Waals surface area contributed by atoms with Gasteiger partial charge in [-0.2, -0.15) is 0 Å². The lowest BCUT2D eigenvalue weighted by Gasteiger charge is -2.33. The van der Waals surface area contributed by atoms with Gasteiger partial charge in [0.05, 0.1) is 29.9 Å². The first-order chi connectivity index (χ1) is 13.5. The SMILES string of the molecule is OC[C@@H]1C[C@H](O)C[C@H](c2cc(Cc3ccc(O)cc3)c(Cl)c3ccccc23)O1. The minimum atomic E-state index is -0.508. The molecule has 3 N–H and O–H groups in total. The molecule has 1 heterocycles. The summed E-state index contributed by atoms with van der Waals surface area (Å²) in [5, 5.41) is 31.9. The van der Waals surface area contributed by atoms with Crippen molar-refractivity contribution in [3.63, 3.8) is 0 Å². The van der Waals surface area contributed by atoms with Crippen LogP contribution in [0.25, 0.3) is 10.8 Å². The first-order valence-electron chi connectivity index (χ1n) is 9.47. The van der Waals surface area contributed by atoms with E-state index in [1.54, 1.807) is 12.1 Å². The molecule has 0 amide bonds. The third-order valence-electron chi connectivity index (χ3n) is 5.35. The van der Waals surface area contributed by atoms with Gasteiger partial charge in [0.2, 0.25) is 0 Å².